The van der Waals surface area contributed by atoms with Crippen molar-refractivity contribution < 1.29 is 9.59 Å². The lowest BCUT2D eigenvalue weighted by Gasteiger charge is -2.24. The molecular formula is C26H10Cl8N2O2. The second-order valence-electron chi connectivity index (χ2n) is 8.06. The molecule has 0 aromatic heterocycles. The van der Waals surface area contributed by atoms with Gasteiger partial charge in [-0.2, -0.15) is 0 Å². The van der Waals surface area contributed by atoms with Gasteiger partial charge in [-0.25, -0.2) is 0 Å². The van der Waals surface area contributed by atoms with Crippen LogP contribution in [0.3, 0.4) is 0 Å². The highest BCUT2D eigenvalue weighted by Gasteiger charge is 2.33. The monoisotopic (exact) mass is 662 g/mol. The number of carbonyl (C=O) groups is 2. The Bertz CT molecular complexity index is 1700. The first-order valence-electron chi connectivity index (χ1n) is 10.6. The Hall–Kier alpha value is -1.86. The van der Waals surface area contributed by atoms with E-state index in [1.54, 1.807) is 30.3 Å². The van der Waals surface area contributed by atoms with Gasteiger partial charge in [0.15, 0.2) is 11.6 Å². The molecule has 0 spiro atoms. The third kappa shape index (κ3) is 4.61. The fraction of sp³-hybridized carbons (Fsp3) is 0. The quantitative estimate of drug-likeness (QED) is 0.148. The molecule has 0 saturated heterocycles. The highest BCUT2D eigenvalue weighted by atomic mass is 35.5. The molecule has 0 saturated carbocycles. The Kier molecular flexibility index (Phi) is 7.73. The molecule has 4 aromatic carbocycles. The van der Waals surface area contributed by atoms with Crippen LogP contribution >= 0.6 is 92.8 Å². The highest BCUT2D eigenvalue weighted by molar-refractivity contribution is 6.53. The molecule has 1 aliphatic carbocycles. The zero-order valence-corrected chi connectivity index (χ0v) is 24.5. The maximum Gasteiger partial charge on any atom is 0.196 e. The molecule has 0 atom stereocenters. The minimum Gasteiger partial charge on any atom is -0.353 e. The van der Waals surface area contributed by atoms with Crippen LogP contribution in [0.25, 0.3) is 0 Å². The molecule has 5 rings (SSSR count). The van der Waals surface area contributed by atoms with Crippen LogP contribution in [0, 0.1) is 0 Å². The third-order valence-electron chi connectivity index (χ3n) is 5.83. The SMILES string of the molecule is O=C1c2ccccc2C(=O)c2c1ccc(Nc1cc(Cl)c(Cl)c(Cl)c1Cl)c2Nc1cc(Cl)c(Cl)c(Cl)c1Cl. The fourth-order valence-corrected chi connectivity index (χ4v) is 5.73. The lowest BCUT2D eigenvalue weighted by Crippen LogP contribution is -2.22. The van der Waals surface area contributed by atoms with Gasteiger partial charge in [0.1, 0.15) is 0 Å². The predicted molar refractivity (Wildman–Crippen MR) is 159 cm³/mol. The van der Waals surface area contributed by atoms with Crippen LogP contribution in [0.15, 0.2) is 48.5 Å². The molecule has 0 aliphatic heterocycles. The molecule has 38 heavy (non-hydrogen) atoms. The number of ketones is 2. The summed E-state index contributed by atoms with van der Waals surface area (Å²) in [6, 6.07) is 12.6. The molecule has 192 valence electrons. The number of hydrogen-bond donors (Lipinski definition) is 2. The third-order valence-corrected chi connectivity index (χ3v) is 9.33. The summed E-state index contributed by atoms with van der Waals surface area (Å²) < 4.78 is 0. The standard InChI is InChI=1S/C26H10Cl8N2O2/c27-12-7-15(20(31)22(33)18(12)29)35-14-6-5-11-17(26(38)10-4-2-1-3-9(10)25(11)37)24(14)36-16-8-13(28)19(30)23(34)21(16)32/h1-8,35-36H. The summed E-state index contributed by atoms with van der Waals surface area (Å²) in [7, 11) is 0. The molecule has 0 bridgehead atoms. The molecule has 0 fully saturated rings. The van der Waals surface area contributed by atoms with Gasteiger partial charge >= 0.3 is 0 Å². The number of nitrogens with one attached hydrogen (secondary N) is 2. The molecular weight excluding hydrogens is 656 g/mol. The lowest BCUT2D eigenvalue weighted by molar-refractivity contribution is 0.0980. The topological polar surface area (TPSA) is 58.2 Å². The molecule has 0 unspecified atom stereocenters. The number of fused-ring (bicyclic) bond motifs is 2. The van der Waals surface area contributed by atoms with Crippen molar-refractivity contribution in [1.82, 2.24) is 0 Å². The molecule has 0 radical (unpaired) electrons. The average molecular weight is 666 g/mol. The van der Waals surface area contributed by atoms with Gasteiger partial charge in [0.25, 0.3) is 0 Å². The molecule has 0 amide bonds. The Morgan fingerprint density at radius 2 is 0.974 bits per heavy atom. The van der Waals surface area contributed by atoms with Crippen LogP contribution in [-0.2, 0) is 0 Å². The van der Waals surface area contributed by atoms with Crippen molar-refractivity contribution in [2.75, 3.05) is 10.6 Å². The van der Waals surface area contributed by atoms with E-state index in [1.165, 1.54) is 18.2 Å². The van der Waals surface area contributed by atoms with Crippen molar-refractivity contribution in [3.05, 3.63) is 111 Å². The van der Waals surface area contributed by atoms with Gasteiger partial charge in [0.2, 0.25) is 0 Å². The van der Waals surface area contributed by atoms with Crippen molar-refractivity contribution in [3.63, 3.8) is 0 Å². The van der Waals surface area contributed by atoms with Crippen LogP contribution in [-0.4, -0.2) is 11.6 Å². The van der Waals surface area contributed by atoms with E-state index in [-0.39, 0.29) is 79.8 Å². The normalized spacial score (nSPS) is 12.3. The lowest BCUT2D eigenvalue weighted by atomic mass is 9.82. The zero-order chi connectivity index (χ0) is 27.5. The number of benzene rings is 4. The second-order valence-corrected chi connectivity index (χ2v) is 11.1. The Balaban J connectivity index is 1.75. The maximum atomic E-state index is 13.8. The van der Waals surface area contributed by atoms with Gasteiger partial charge in [0.05, 0.1) is 68.5 Å². The van der Waals surface area contributed by atoms with E-state index >= 15 is 0 Å². The Morgan fingerprint density at radius 1 is 0.474 bits per heavy atom. The van der Waals surface area contributed by atoms with Gasteiger partial charge in [-0.05, 0) is 24.3 Å². The zero-order valence-electron chi connectivity index (χ0n) is 18.5. The molecule has 4 aromatic rings. The van der Waals surface area contributed by atoms with Crippen molar-refractivity contribution in [1.29, 1.82) is 0 Å². The summed E-state index contributed by atoms with van der Waals surface area (Å²) in [6.45, 7) is 0. The van der Waals surface area contributed by atoms with Crippen LogP contribution in [0.2, 0.25) is 40.2 Å². The van der Waals surface area contributed by atoms with Crippen LogP contribution < -0.4 is 10.6 Å². The first-order valence-corrected chi connectivity index (χ1v) is 13.6. The van der Waals surface area contributed by atoms with Gasteiger partial charge in [-0.3, -0.25) is 9.59 Å². The Labute approximate surface area is 256 Å². The Morgan fingerprint density at radius 3 is 1.53 bits per heavy atom. The first kappa shape index (κ1) is 27.7. The minimum absolute atomic E-state index is 0.00898. The van der Waals surface area contributed by atoms with Crippen molar-refractivity contribution in [2.45, 2.75) is 0 Å². The number of carbonyl (C=O) groups excluding carboxylic acids is 2. The molecule has 12 heteroatoms. The summed E-state index contributed by atoms with van der Waals surface area (Å²) in [6.07, 6.45) is 0. The number of hydrogen-bond acceptors (Lipinski definition) is 4. The van der Waals surface area contributed by atoms with Crippen LogP contribution in [0.5, 0.6) is 0 Å². The van der Waals surface area contributed by atoms with Crippen molar-refractivity contribution in [3.8, 4) is 0 Å². The smallest absolute Gasteiger partial charge is 0.196 e. The summed E-state index contributed by atoms with van der Waals surface area (Å²) in [5.41, 5.74) is 1.89. The van der Waals surface area contributed by atoms with E-state index in [0.29, 0.717) is 16.9 Å². The maximum absolute atomic E-state index is 13.8. The van der Waals surface area contributed by atoms with E-state index in [4.69, 9.17) is 92.8 Å². The first-order chi connectivity index (χ1) is 18.0. The van der Waals surface area contributed by atoms with E-state index in [0.717, 1.165) is 0 Å². The predicted octanol–water partition coefficient (Wildman–Crippen LogP) is 11.2. The summed E-state index contributed by atoms with van der Waals surface area (Å²) in [4.78, 5) is 27.1. The van der Waals surface area contributed by atoms with Gasteiger partial charge < -0.3 is 10.6 Å². The van der Waals surface area contributed by atoms with E-state index in [1.807, 2.05) is 0 Å². The number of anilines is 4. The van der Waals surface area contributed by atoms with Crippen molar-refractivity contribution >= 4 is 127 Å². The highest BCUT2D eigenvalue weighted by Crippen LogP contribution is 2.47. The van der Waals surface area contributed by atoms with Gasteiger partial charge in [-0.15, -0.1) is 0 Å². The van der Waals surface area contributed by atoms with Crippen molar-refractivity contribution in [2.24, 2.45) is 0 Å². The van der Waals surface area contributed by atoms with Gasteiger partial charge in [0, 0.05) is 16.7 Å². The molecule has 4 nitrogen and oxygen atoms in total. The van der Waals surface area contributed by atoms with E-state index in [9.17, 15) is 9.59 Å². The second kappa shape index (κ2) is 10.6. The molecule has 0 heterocycles. The van der Waals surface area contributed by atoms with E-state index in [2.05, 4.69) is 10.6 Å². The summed E-state index contributed by atoms with van der Waals surface area (Å²) in [5.74, 6) is -0.708. The minimum atomic E-state index is -0.387. The largest absolute Gasteiger partial charge is 0.353 e. The number of rotatable bonds is 4. The average Bonchev–Trinajstić information content (AvgIpc) is 2.91. The molecule has 1 aliphatic rings. The van der Waals surface area contributed by atoms with E-state index < -0.39 is 0 Å². The summed E-state index contributed by atoms with van der Waals surface area (Å²) in [5, 5.41) is 6.84. The van der Waals surface area contributed by atoms with Crippen LogP contribution in [0.4, 0.5) is 22.7 Å². The van der Waals surface area contributed by atoms with Gasteiger partial charge in [-0.1, -0.05) is 117 Å². The van der Waals surface area contributed by atoms with Crippen LogP contribution in [0.1, 0.15) is 31.8 Å². The fourth-order valence-electron chi connectivity index (χ4n) is 4.03. The summed E-state index contributed by atoms with van der Waals surface area (Å²) >= 11 is 50.1. The molecule has 2 N–H and O–H groups in total. The number of halogens is 8.